The molecule has 0 radical (unpaired) electrons. The molecule has 144 valence electrons. The third kappa shape index (κ3) is 4.04. The molecule has 0 saturated heterocycles. The highest BCUT2D eigenvalue weighted by Gasteiger charge is 2.19. The van der Waals surface area contributed by atoms with Gasteiger partial charge < -0.3 is 10.6 Å². The van der Waals surface area contributed by atoms with Gasteiger partial charge in [0, 0.05) is 5.56 Å². The summed E-state index contributed by atoms with van der Waals surface area (Å²) < 4.78 is 53.2. The molecule has 0 unspecified atom stereocenters. The topological polar surface area (TPSA) is 58.2 Å². The van der Waals surface area contributed by atoms with Gasteiger partial charge in [0.15, 0.2) is 17.5 Å². The fourth-order valence-electron chi connectivity index (χ4n) is 2.38. The van der Waals surface area contributed by atoms with Gasteiger partial charge in [0.05, 0.1) is 15.6 Å². The molecule has 9 heteroatoms. The van der Waals surface area contributed by atoms with Crippen LogP contribution in [0.4, 0.5) is 28.3 Å². The number of anilines is 2. The van der Waals surface area contributed by atoms with Crippen LogP contribution in [0.3, 0.4) is 0 Å². The van der Waals surface area contributed by atoms with E-state index >= 15 is 0 Å². The number of carbonyl (C=O) groups excluding carboxylic acids is 2. The summed E-state index contributed by atoms with van der Waals surface area (Å²) in [6, 6.07) is 8.19. The summed E-state index contributed by atoms with van der Waals surface area (Å²) in [5, 5.41) is 5.02. The molecule has 2 amide bonds. The second-order valence-corrected chi connectivity index (χ2v) is 6.82. The number of rotatable bonds is 4. The molecule has 3 rings (SSSR count). The molecule has 2 N–H and O–H groups in total. The van der Waals surface area contributed by atoms with Crippen molar-refractivity contribution in [3.05, 3.63) is 81.7 Å². The Bertz CT molecular complexity index is 1080. The van der Waals surface area contributed by atoms with E-state index in [1.807, 2.05) is 0 Å². The van der Waals surface area contributed by atoms with Crippen LogP contribution >= 0.6 is 11.3 Å². The van der Waals surface area contributed by atoms with Gasteiger partial charge in [-0.15, -0.1) is 11.3 Å². The second-order valence-electron chi connectivity index (χ2n) is 5.76. The maximum atomic E-state index is 13.7. The van der Waals surface area contributed by atoms with Crippen molar-refractivity contribution in [1.82, 2.24) is 0 Å². The summed E-state index contributed by atoms with van der Waals surface area (Å²) in [4.78, 5) is 24.7. The summed E-state index contributed by atoms with van der Waals surface area (Å²) in [5.74, 6) is -6.46. The molecule has 2 aromatic carbocycles. The Kier molecular flexibility index (Phi) is 5.46. The predicted octanol–water partition coefficient (Wildman–Crippen LogP) is 5.12. The molecule has 4 nitrogen and oxygen atoms in total. The maximum absolute atomic E-state index is 13.7. The lowest BCUT2D eigenvalue weighted by Crippen LogP contribution is -2.13. The van der Waals surface area contributed by atoms with Crippen molar-refractivity contribution < 1.29 is 27.2 Å². The number of carbonyl (C=O) groups is 2. The van der Waals surface area contributed by atoms with Crippen LogP contribution in [-0.4, -0.2) is 11.8 Å². The van der Waals surface area contributed by atoms with Gasteiger partial charge in [-0.3, -0.25) is 9.59 Å². The first-order valence-corrected chi connectivity index (χ1v) is 8.70. The summed E-state index contributed by atoms with van der Waals surface area (Å²) >= 11 is 0.899. The number of halogens is 4. The largest absolute Gasteiger partial charge is 0.319 e. The molecule has 1 heterocycles. The van der Waals surface area contributed by atoms with Crippen LogP contribution in [0, 0.1) is 30.2 Å². The van der Waals surface area contributed by atoms with Crippen molar-refractivity contribution in [2.45, 2.75) is 6.92 Å². The molecule has 0 fully saturated rings. The zero-order valence-corrected chi connectivity index (χ0v) is 15.1. The molecular formula is C19H12F4N2O2S. The SMILES string of the molecule is Cc1cc(NC(=O)c2cccc(F)c2)sc1C(=O)Nc1ccc(F)c(F)c1F. The van der Waals surface area contributed by atoms with E-state index in [4.69, 9.17) is 0 Å². The lowest BCUT2D eigenvalue weighted by Gasteiger charge is -2.06. The Labute approximate surface area is 160 Å². The number of thiophene rings is 1. The fourth-order valence-corrected chi connectivity index (χ4v) is 3.35. The molecule has 0 atom stereocenters. The third-order valence-electron chi connectivity index (χ3n) is 3.73. The van der Waals surface area contributed by atoms with Crippen LogP contribution < -0.4 is 10.6 Å². The molecule has 1 aromatic heterocycles. The molecule has 0 bridgehead atoms. The summed E-state index contributed by atoms with van der Waals surface area (Å²) in [6.45, 7) is 1.59. The summed E-state index contributed by atoms with van der Waals surface area (Å²) in [5.41, 5.74) is 0.0583. The van der Waals surface area contributed by atoms with E-state index in [9.17, 15) is 27.2 Å². The molecule has 0 saturated carbocycles. The third-order valence-corrected chi connectivity index (χ3v) is 4.88. The standard InChI is InChI=1S/C19H12F4N2O2S/c1-9-7-14(25-18(26)10-3-2-4-11(20)8-10)28-17(9)19(27)24-13-6-5-12(21)15(22)16(13)23/h2-8H,1H3,(H,24,27)(H,25,26). The smallest absolute Gasteiger partial charge is 0.266 e. The van der Waals surface area contributed by atoms with Gasteiger partial charge in [-0.05, 0) is 48.9 Å². The zero-order valence-electron chi connectivity index (χ0n) is 14.3. The molecule has 28 heavy (non-hydrogen) atoms. The fraction of sp³-hybridized carbons (Fsp3) is 0.0526. The normalized spacial score (nSPS) is 10.6. The Morgan fingerprint density at radius 3 is 2.36 bits per heavy atom. The Morgan fingerprint density at radius 1 is 0.893 bits per heavy atom. The quantitative estimate of drug-likeness (QED) is 0.465. The number of hydrogen-bond acceptors (Lipinski definition) is 3. The summed E-state index contributed by atoms with van der Waals surface area (Å²) in [7, 11) is 0. The van der Waals surface area contributed by atoms with Crippen LogP contribution in [0.5, 0.6) is 0 Å². The van der Waals surface area contributed by atoms with Gasteiger partial charge in [0.2, 0.25) is 0 Å². The zero-order chi connectivity index (χ0) is 20.4. The van der Waals surface area contributed by atoms with Crippen molar-refractivity contribution in [2.75, 3.05) is 10.6 Å². The first kappa shape index (κ1) is 19.6. The molecule has 0 spiro atoms. The van der Waals surface area contributed by atoms with Gasteiger partial charge >= 0.3 is 0 Å². The monoisotopic (exact) mass is 408 g/mol. The molecule has 3 aromatic rings. The van der Waals surface area contributed by atoms with E-state index in [-0.39, 0.29) is 10.4 Å². The van der Waals surface area contributed by atoms with E-state index in [1.165, 1.54) is 24.3 Å². The molecule has 0 aliphatic carbocycles. The van der Waals surface area contributed by atoms with Crippen LogP contribution in [-0.2, 0) is 0 Å². The number of amides is 2. The summed E-state index contributed by atoms with van der Waals surface area (Å²) in [6.07, 6.45) is 0. The van der Waals surface area contributed by atoms with Crippen molar-refractivity contribution >= 4 is 33.8 Å². The average molecular weight is 408 g/mol. The number of benzene rings is 2. The molecular weight excluding hydrogens is 396 g/mol. The van der Waals surface area contributed by atoms with Crippen molar-refractivity contribution in [1.29, 1.82) is 0 Å². The lowest BCUT2D eigenvalue weighted by atomic mass is 10.2. The van der Waals surface area contributed by atoms with E-state index in [0.29, 0.717) is 16.6 Å². The van der Waals surface area contributed by atoms with Crippen LogP contribution in [0.1, 0.15) is 25.6 Å². The van der Waals surface area contributed by atoms with Gasteiger partial charge in [-0.2, -0.15) is 0 Å². The van der Waals surface area contributed by atoms with E-state index in [0.717, 1.165) is 23.5 Å². The van der Waals surface area contributed by atoms with Crippen LogP contribution in [0.15, 0.2) is 42.5 Å². The van der Waals surface area contributed by atoms with E-state index in [1.54, 1.807) is 6.92 Å². The van der Waals surface area contributed by atoms with Gasteiger partial charge in [0.1, 0.15) is 5.82 Å². The highest BCUT2D eigenvalue weighted by molar-refractivity contribution is 7.18. The van der Waals surface area contributed by atoms with E-state index < -0.39 is 40.8 Å². The minimum atomic E-state index is -1.69. The van der Waals surface area contributed by atoms with Gasteiger partial charge in [0.25, 0.3) is 11.8 Å². The Balaban J connectivity index is 1.77. The highest BCUT2D eigenvalue weighted by Crippen LogP contribution is 2.29. The van der Waals surface area contributed by atoms with Crippen molar-refractivity contribution in [3.8, 4) is 0 Å². The molecule has 0 aliphatic rings. The first-order chi connectivity index (χ1) is 13.3. The average Bonchev–Trinajstić information content (AvgIpc) is 3.02. The first-order valence-electron chi connectivity index (χ1n) is 7.88. The predicted molar refractivity (Wildman–Crippen MR) is 97.7 cm³/mol. The number of nitrogens with one attached hydrogen (secondary N) is 2. The lowest BCUT2D eigenvalue weighted by molar-refractivity contribution is 0.101. The highest BCUT2D eigenvalue weighted by atomic mass is 32.1. The van der Waals surface area contributed by atoms with Crippen LogP contribution in [0.2, 0.25) is 0 Å². The maximum Gasteiger partial charge on any atom is 0.266 e. The minimum Gasteiger partial charge on any atom is -0.319 e. The molecule has 0 aliphatic heterocycles. The second kappa shape index (κ2) is 7.81. The van der Waals surface area contributed by atoms with E-state index in [2.05, 4.69) is 10.6 Å². The number of hydrogen-bond donors (Lipinski definition) is 2. The van der Waals surface area contributed by atoms with Crippen molar-refractivity contribution in [2.24, 2.45) is 0 Å². The Morgan fingerprint density at radius 2 is 1.64 bits per heavy atom. The Hall–Kier alpha value is -3.20. The van der Waals surface area contributed by atoms with Crippen molar-refractivity contribution in [3.63, 3.8) is 0 Å². The van der Waals surface area contributed by atoms with Crippen LogP contribution in [0.25, 0.3) is 0 Å². The van der Waals surface area contributed by atoms with Gasteiger partial charge in [-0.1, -0.05) is 6.07 Å². The van der Waals surface area contributed by atoms with Gasteiger partial charge in [-0.25, -0.2) is 17.6 Å². The minimum absolute atomic E-state index is 0.0981. The number of aryl methyl sites for hydroxylation is 1.